The van der Waals surface area contributed by atoms with Gasteiger partial charge in [-0.05, 0) is 18.2 Å². The van der Waals surface area contributed by atoms with Crippen LogP contribution in [0.1, 0.15) is 10.4 Å². The number of carbonyl (C=O) groups is 1. The van der Waals surface area contributed by atoms with Crippen LogP contribution in [0.15, 0.2) is 28.0 Å². The number of carbonyl (C=O) groups excluding carboxylic acids is 1. The zero-order valence-corrected chi connectivity index (χ0v) is 12.9. The molecule has 0 aliphatic rings. The molecule has 118 valence electrons. The third kappa shape index (κ3) is 5.21. The Morgan fingerprint density at radius 3 is 2.14 bits per heavy atom. The lowest BCUT2D eigenvalue weighted by Crippen LogP contribution is -2.28. The molecule has 1 aromatic carbocycles. The molecule has 0 unspecified atom stereocenters. The Bertz CT molecular complexity index is 711. The average molecular weight is 362 g/mol. The summed E-state index contributed by atoms with van der Waals surface area (Å²) < 4.78 is 69.5. The van der Waals surface area contributed by atoms with Gasteiger partial charge in [0, 0.05) is 22.5 Å². The highest BCUT2D eigenvalue weighted by atomic mass is 35.7. The number of nitrogens with one attached hydrogen (secondary N) is 1. The third-order valence-electron chi connectivity index (χ3n) is 2.27. The first-order valence-electron chi connectivity index (χ1n) is 5.27. The molecule has 0 saturated heterocycles. The van der Waals surface area contributed by atoms with Crippen LogP contribution in [0.4, 0.5) is 8.78 Å². The first-order chi connectivity index (χ1) is 9.41. The van der Waals surface area contributed by atoms with E-state index in [1.54, 1.807) is 0 Å². The van der Waals surface area contributed by atoms with Crippen LogP contribution in [-0.2, 0) is 18.9 Å². The van der Waals surface area contributed by atoms with Crippen molar-refractivity contribution < 1.29 is 30.4 Å². The van der Waals surface area contributed by atoms with Crippen molar-refractivity contribution in [1.82, 2.24) is 5.32 Å². The minimum Gasteiger partial charge on any atom is -0.346 e. The van der Waals surface area contributed by atoms with Crippen LogP contribution >= 0.6 is 10.7 Å². The van der Waals surface area contributed by atoms with Crippen LogP contribution in [0, 0.1) is 0 Å². The standard InChI is InChI=1S/C10H10ClF2NO5S2/c1-20(16,17)7-2-6(10(15)14-5-9(12)13)3-8(4-7)21(11,18)19/h2-4,9H,5H2,1H3,(H,14,15). The molecule has 0 radical (unpaired) electrons. The predicted octanol–water partition coefficient (Wildman–Crippen LogP) is 1.01. The molecule has 0 aliphatic carbocycles. The molecular weight excluding hydrogens is 352 g/mol. The lowest BCUT2D eigenvalue weighted by molar-refractivity contribution is 0.0891. The van der Waals surface area contributed by atoms with Gasteiger partial charge in [0.05, 0.1) is 16.3 Å². The van der Waals surface area contributed by atoms with E-state index in [2.05, 4.69) is 0 Å². The van der Waals surface area contributed by atoms with E-state index >= 15 is 0 Å². The maximum Gasteiger partial charge on any atom is 0.261 e. The molecular formula is C10H10ClF2NO5S2. The SMILES string of the molecule is CS(=O)(=O)c1cc(C(=O)NCC(F)F)cc(S(=O)(=O)Cl)c1. The zero-order chi connectivity index (χ0) is 16.4. The monoisotopic (exact) mass is 361 g/mol. The molecule has 0 heterocycles. The highest BCUT2D eigenvalue weighted by molar-refractivity contribution is 8.13. The Kier molecular flexibility index (Phi) is 5.29. The van der Waals surface area contributed by atoms with Crippen molar-refractivity contribution in [1.29, 1.82) is 0 Å². The van der Waals surface area contributed by atoms with E-state index in [0.29, 0.717) is 0 Å². The second-order valence-electron chi connectivity index (χ2n) is 4.00. The van der Waals surface area contributed by atoms with Crippen molar-refractivity contribution in [3.63, 3.8) is 0 Å². The fourth-order valence-electron chi connectivity index (χ4n) is 1.33. The minimum atomic E-state index is -4.29. The van der Waals surface area contributed by atoms with E-state index in [1.807, 2.05) is 5.32 Å². The Balaban J connectivity index is 3.36. The van der Waals surface area contributed by atoms with Crippen molar-refractivity contribution in [2.24, 2.45) is 0 Å². The maximum atomic E-state index is 12.0. The number of benzene rings is 1. The van der Waals surface area contributed by atoms with Crippen LogP contribution in [0.2, 0.25) is 0 Å². The van der Waals surface area contributed by atoms with Gasteiger partial charge in [-0.25, -0.2) is 25.6 Å². The topological polar surface area (TPSA) is 97.4 Å². The van der Waals surface area contributed by atoms with Crippen molar-refractivity contribution in [2.45, 2.75) is 16.2 Å². The molecule has 0 aromatic heterocycles. The minimum absolute atomic E-state index is 0.405. The van der Waals surface area contributed by atoms with E-state index in [0.717, 1.165) is 24.5 Å². The molecule has 0 fully saturated rings. The normalized spacial score (nSPS) is 12.4. The van der Waals surface area contributed by atoms with Crippen LogP contribution in [0.5, 0.6) is 0 Å². The van der Waals surface area contributed by atoms with Gasteiger partial charge in [0.25, 0.3) is 21.4 Å². The summed E-state index contributed by atoms with van der Waals surface area (Å²) in [5.74, 6) is -1.04. The van der Waals surface area contributed by atoms with Gasteiger partial charge < -0.3 is 5.32 Å². The number of amides is 1. The average Bonchev–Trinajstić information content (AvgIpc) is 2.33. The predicted molar refractivity (Wildman–Crippen MR) is 70.9 cm³/mol. The first-order valence-corrected chi connectivity index (χ1v) is 9.47. The van der Waals surface area contributed by atoms with Crippen molar-refractivity contribution in [3.05, 3.63) is 23.8 Å². The van der Waals surface area contributed by atoms with Gasteiger partial charge in [-0.3, -0.25) is 4.79 Å². The van der Waals surface area contributed by atoms with Gasteiger partial charge in [0.15, 0.2) is 9.84 Å². The fraction of sp³-hybridized carbons (Fsp3) is 0.300. The Hall–Kier alpha value is -1.26. The van der Waals surface area contributed by atoms with Gasteiger partial charge in [0.1, 0.15) is 0 Å². The Morgan fingerprint density at radius 2 is 1.71 bits per heavy atom. The molecule has 0 aliphatic heterocycles. The van der Waals surface area contributed by atoms with E-state index in [-0.39, 0.29) is 0 Å². The van der Waals surface area contributed by atoms with Crippen LogP contribution < -0.4 is 5.32 Å². The second-order valence-corrected chi connectivity index (χ2v) is 8.59. The van der Waals surface area contributed by atoms with Gasteiger partial charge in [-0.15, -0.1) is 0 Å². The molecule has 1 rings (SSSR count). The van der Waals surface area contributed by atoms with E-state index in [4.69, 9.17) is 10.7 Å². The Labute approximate surface area is 124 Å². The van der Waals surface area contributed by atoms with Crippen molar-refractivity contribution >= 4 is 35.5 Å². The van der Waals surface area contributed by atoms with Crippen molar-refractivity contribution in [3.8, 4) is 0 Å². The van der Waals surface area contributed by atoms with Crippen LogP contribution in [0.25, 0.3) is 0 Å². The summed E-state index contributed by atoms with van der Waals surface area (Å²) in [4.78, 5) is 10.5. The fourth-order valence-corrected chi connectivity index (χ4v) is 2.89. The Morgan fingerprint density at radius 1 is 1.19 bits per heavy atom. The largest absolute Gasteiger partial charge is 0.346 e. The summed E-state index contributed by atoms with van der Waals surface area (Å²) >= 11 is 0. The summed E-state index contributed by atoms with van der Waals surface area (Å²) in [5, 5.41) is 1.83. The highest BCUT2D eigenvalue weighted by Gasteiger charge is 2.20. The first kappa shape index (κ1) is 17.8. The molecule has 21 heavy (non-hydrogen) atoms. The highest BCUT2D eigenvalue weighted by Crippen LogP contribution is 2.22. The van der Waals surface area contributed by atoms with Crippen LogP contribution in [-0.4, -0.2) is 42.0 Å². The summed E-state index contributed by atoms with van der Waals surface area (Å²) in [7, 11) is -3.01. The molecule has 0 saturated carbocycles. The molecule has 1 aromatic rings. The summed E-state index contributed by atoms with van der Waals surface area (Å²) in [6.45, 7) is -0.953. The third-order valence-corrected chi connectivity index (χ3v) is 4.69. The number of hydrogen-bond acceptors (Lipinski definition) is 5. The second kappa shape index (κ2) is 6.24. The molecule has 11 heteroatoms. The van der Waals surface area contributed by atoms with E-state index < -0.39 is 53.1 Å². The van der Waals surface area contributed by atoms with Crippen molar-refractivity contribution in [2.75, 3.05) is 12.8 Å². The lowest BCUT2D eigenvalue weighted by atomic mass is 10.2. The quantitative estimate of drug-likeness (QED) is 0.789. The molecule has 6 nitrogen and oxygen atoms in total. The molecule has 0 atom stereocenters. The zero-order valence-electron chi connectivity index (χ0n) is 10.5. The smallest absolute Gasteiger partial charge is 0.261 e. The number of hydrogen-bond donors (Lipinski definition) is 1. The van der Waals surface area contributed by atoms with Gasteiger partial charge in [0.2, 0.25) is 0 Å². The number of alkyl halides is 2. The maximum absolute atomic E-state index is 12.0. The van der Waals surface area contributed by atoms with E-state index in [9.17, 15) is 30.4 Å². The van der Waals surface area contributed by atoms with Gasteiger partial charge in [-0.1, -0.05) is 0 Å². The van der Waals surface area contributed by atoms with E-state index in [1.165, 1.54) is 0 Å². The summed E-state index contributed by atoms with van der Waals surface area (Å²) in [6.07, 6.45) is -2.00. The molecule has 0 bridgehead atoms. The van der Waals surface area contributed by atoms with Gasteiger partial charge in [-0.2, -0.15) is 0 Å². The van der Waals surface area contributed by atoms with Crippen LogP contribution in [0.3, 0.4) is 0 Å². The summed E-state index contributed by atoms with van der Waals surface area (Å²) in [6, 6.07) is 2.46. The number of halogens is 3. The number of sulfone groups is 1. The molecule has 1 N–H and O–H groups in total. The molecule has 1 amide bonds. The van der Waals surface area contributed by atoms with Gasteiger partial charge >= 0.3 is 0 Å². The summed E-state index contributed by atoms with van der Waals surface area (Å²) in [5.41, 5.74) is -0.405. The lowest BCUT2D eigenvalue weighted by Gasteiger charge is -2.08. The molecule has 0 spiro atoms. The number of rotatable bonds is 5.